The molecule has 1 aromatic heterocycles. The van der Waals surface area contributed by atoms with Crippen molar-refractivity contribution < 1.29 is 0 Å². The lowest BCUT2D eigenvalue weighted by Crippen LogP contribution is -2.22. The molecule has 2 rings (SSSR count). The monoisotopic (exact) mass is 240 g/mol. The van der Waals surface area contributed by atoms with E-state index in [0.29, 0.717) is 12.0 Å². The van der Waals surface area contributed by atoms with Crippen molar-refractivity contribution >= 4 is 0 Å². The smallest absolute Gasteiger partial charge is 0.0399 e. The predicted molar refractivity (Wildman–Crippen MR) is 75.6 cm³/mol. The minimum absolute atomic E-state index is 0.292. The van der Waals surface area contributed by atoms with Crippen LogP contribution in [0.1, 0.15) is 35.7 Å². The standard InChI is InChI=1S/C16H20N2/c1-12-9-10-15(11-18-12)16(17-3)13(2)14-7-5-4-6-8-14/h4-11,13,16-17H,1-3H3. The molecule has 0 aliphatic carbocycles. The first kappa shape index (κ1) is 12.8. The van der Waals surface area contributed by atoms with Gasteiger partial charge in [-0.25, -0.2) is 0 Å². The van der Waals surface area contributed by atoms with Gasteiger partial charge in [0.15, 0.2) is 0 Å². The van der Waals surface area contributed by atoms with Crippen LogP contribution in [0.5, 0.6) is 0 Å². The highest BCUT2D eigenvalue weighted by Gasteiger charge is 2.19. The van der Waals surface area contributed by atoms with Crippen LogP contribution in [0.15, 0.2) is 48.7 Å². The van der Waals surface area contributed by atoms with E-state index in [1.807, 2.05) is 20.2 Å². The van der Waals surface area contributed by atoms with Crippen LogP contribution in [0.3, 0.4) is 0 Å². The number of nitrogens with zero attached hydrogens (tertiary/aromatic N) is 1. The fourth-order valence-corrected chi connectivity index (χ4v) is 2.32. The van der Waals surface area contributed by atoms with Crippen molar-refractivity contribution in [3.05, 3.63) is 65.5 Å². The molecule has 2 unspecified atom stereocenters. The van der Waals surface area contributed by atoms with Crippen LogP contribution < -0.4 is 5.32 Å². The molecule has 94 valence electrons. The summed E-state index contributed by atoms with van der Waals surface area (Å²) in [5.74, 6) is 0.417. The van der Waals surface area contributed by atoms with Crippen LogP contribution in [-0.2, 0) is 0 Å². The zero-order chi connectivity index (χ0) is 13.0. The number of likely N-dealkylation sites (N-methyl/N-ethyl adjacent to an activating group) is 1. The van der Waals surface area contributed by atoms with Crippen LogP contribution >= 0.6 is 0 Å². The molecule has 1 aromatic carbocycles. The van der Waals surface area contributed by atoms with Gasteiger partial charge in [-0.3, -0.25) is 4.98 Å². The Kier molecular flexibility index (Phi) is 4.11. The Labute approximate surface area is 109 Å². The summed E-state index contributed by atoms with van der Waals surface area (Å²) in [5.41, 5.74) is 3.64. The third-order valence-corrected chi connectivity index (χ3v) is 3.43. The van der Waals surface area contributed by atoms with Gasteiger partial charge >= 0.3 is 0 Å². The third-order valence-electron chi connectivity index (χ3n) is 3.43. The second-order valence-electron chi connectivity index (χ2n) is 4.70. The number of rotatable bonds is 4. The largest absolute Gasteiger partial charge is 0.312 e. The van der Waals surface area contributed by atoms with Gasteiger partial charge in [0.1, 0.15) is 0 Å². The van der Waals surface area contributed by atoms with Gasteiger partial charge in [-0.1, -0.05) is 43.3 Å². The number of aryl methyl sites for hydroxylation is 1. The molecular formula is C16H20N2. The van der Waals surface area contributed by atoms with Crippen molar-refractivity contribution in [1.29, 1.82) is 0 Å². The number of hydrogen-bond acceptors (Lipinski definition) is 2. The molecule has 0 spiro atoms. The Bertz CT molecular complexity index is 476. The van der Waals surface area contributed by atoms with Crippen LogP contribution in [0.4, 0.5) is 0 Å². The number of aromatic nitrogens is 1. The zero-order valence-corrected chi connectivity index (χ0v) is 11.2. The van der Waals surface area contributed by atoms with Crippen molar-refractivity contribution in [2.45, 2.75) is 25.8 Å². The van der Waals surface area contributed by atoms with E-state index in [1.54, 1.807) is 0 Å². The molecule has 2 nitrogen and oxygen atoms in total. The van der Waals surface area contributed by atoms with Crippen LogP contribution in [0.2, 0.25) is 0 Å². The number of pyridine rings is 1. The van der Waals surface area contributed by atoms with E-state index in [0.717, 1.165) is 5.69 Å². The first-order chi connectivity index (χ1) is 8.72. The van der Waals surface area contributed by atoms with Gasteiger partial charge < -0.3 is 5.32 Å². The van der Waals surface area contributed by atoms with Gasteiger partial charge in [-0.05, 0) is 31.2 Å². The summed E-state index contributed by atoms with van der Waals surface area (Å²) < 4.78 is 0. The number of hydrogen-bond donors (Lipinski definition) is 1. The normalized spacial score (nSPS) is 14.2. The molecular weight excluding hydrogens is 220 g/mol. The Morgan fingerprint density at radius 3 is 2.28 bits per heavy atom. The quantitative estimate of drug-likeness (QED) is 0.885. The average molecular weight is 240 g/mol. The molecule has 18 heavy (non-hydrogen) atoms. The fourth-order valence-electron chi connectivity index (χ4n) is 2.32. The van der Waals surface area contributed by atoms with E-state index < -0.39 is 0 Å². The van der Waals surface area contributed by atoms with Crippen molar-refractivity contribution in [3.8, 4) is 0 Å². The summed E-state index contributed by atoms with van der Waals surface area (Å²) in [5, 5.41) is 3.40. The molecule has 0 saturated carbocycles. The van der Waals surface area contributed by atoms with Gasteiger partial charge in [0.25, 0.3) is 0 Å². The molecule has 2 aromatic rings. The van der Waals surface area contributed by atoms with Crippen molar-refractivity contribution in [1.82, 2.24) is 10.3 Å². The van der Waals surface area contributed by atoms with Gasteiger partial charge in [-0.2, -0.15) is 0 Å². The Hall–Kier alpha value is -1.67. The highest BCUT2D eigenvalue weighted by Crippen LogP contribution is 2.29. The Morgan fingerprint density at radius 2 is 1.72 bits per heavy atom. The van der Waals surface area contributed by atoms with Crippen LogP contribution in [-0.4, -0.2) is 12.0 Å². The molecule has 1 heterocycles. The van der Waals surface area contributed by atoms with E-state index >= 15 is 0 Å². The first-order valence-electron chi connectivity index (χ1n) is 6.37. The van der Waals surface area contributed by atoms with Crippen molar-refractivity contribution in [2.75, 3.05) is 7.05 Å². The Balaban J connectivity index is 2.26. The Morgan fingerprint density at radius 1 is 1.00 bits per heavy atom. The molecule has 0 saturated heterocycles. The lowest BCUT2D eigenvalue weighted by molar-refractivity contribution is 0.506. The maximum atomic E-state index is 4.38. The van der Waals surface area contributed by atoms with Gasteiger partial charge in [0.05, 0.1) is 0 Å². The summed E-state index contributed by atoms with van der Waals surface area (Å²) in [6.07, 6.45) is 1.97. The summed E-state index contributed by atoms with van der Waals surface area (Å²) in [7, 11) is 2.00. The van der Waals surface area contributed by atoms with E-state index in [4.69, 9.17) is 0 Å². The van der Waals surface area contributed by atoms with E-state index in [1.165, 1.54) is 11.1 Å². The van der Waals surface area contributed by atoms with Crippen LogP contribution in [0.25, 0.3) is 0 Å². The van der Waals surface area contributed by atoms with E-state index in [-0.39, 0.29) is 0 Å². The minimum atomic E-state index is 0.292. The maximum Gasteiger partial charge on any atom is 0.0399 e. The fraction of sp³-hybridized carbons (Fsp3) is 0.312. The molecule has 0 bridgehead atoms. The SMILES string of the molecule is CNC(c1ccc(C)nc1)C(C)c1ccccc1. The lowest BCUT2D eigenvalue weighted by atomic mass is 9.89. The third kappa shape index (κ3) is 2.77. The molecule has 2 heteroatoms. The van der Waals surface area contributed by atoms with Gasteiger partial charge in [-0.15, -0.1) is 0 Å². The highest BCUT2D eigenvalue weighted by molar-refractivity contribution is 5.26. The number of nitrogens with one attached hydrogen (secondary N) is 1. The summed E-state index contributed by atoms with van der Waals surface area (Å²) in [4.78, 5) is 4.38. The van der Waals surface area contributed by atoms with Gasteiger partial charge in [0.2, 0.25) is 0 Å². The lowest BCUT2D eigenvalue weighted by Gasteiger charge is -2.24. The molecule has 2 atom stereocenters. The molecule has 0 radical (unpaired) electrons. The summed E-state index contributed by atoms with van der Waals surface area (Å²) in [6, 6.07) is 15.1. The molecule has 0 amide bonds. The average Bonchev–Trinajstić information content (AvgIpc) is 2.42. The molecule has 0 aliphatic rings. The summed E-state index contributed by atoms with van der Waals surface area (Å²) in [6.45, 7) is 4.26. The molecule has 0 fully saturated rings. The predicted octanol–water partition coefficient (Wildman–Crippen LogP) is 3.45. The summed E-state index contributed by atoms with van der Waals surface area (Å²) >= 11 is 0. The van der Waals surface area contributed by atoms with Crippen molar-refractivity contribution in [2.24, 2.45) is 0 Å². The minimum Gasteiger partial charge on any atom is -0.312 e. The maximum absolute atomic E-state index is 4.38. The first-order valence-corrected chi connectivity index (χ1v) is 6.37. The van der Waals surface area contributed by atoms with Gasteiger partial charge in [0, 0.05) is 23.9 Å². The highest BCUT2D eigenvalue weighted by atomic mass is 14.9. The van der Waals surface area contributed by atoms with Crippen LogP contribution in [0, 0.1) is 6.92 Å². The zero-order valence-electron chi connectivity index (χ0n) is 11.2. The molecule has 1 N–H and O–H groups in total. The van der Waals surface area contributed by atoms with E-state index in [9.17, 15) is 0 Å². The number of benzene rings is 1. The second kappa shape index (κ2) is 5.78. The van der Waals surface area contributed by atoms with E-state index in [2.05, 4.69) is 59.7 Å². The van der Waals surface area contributed by atoms with Crippen molar-refractivity contribution in [3.63, 3.8) is 0 Å². The molecule has 0 aliphatic heterocycles. The second-order valence-corrected chi connectivity index (χ2v) is 4.70. The topological polar surface area (TPSA) is 24.9 Å².